The number of carbonyl (C=O) groups is 1. The van der Waals surface area contributed by atoms with Crippen molar-refractivity contribution in [3.63, 3.8) is 0 Å². The Bertz CT molecular complexity index is 957. The van der Waals surface area contributed by atoms with Crippen molar-refractivity contribution in [1.82, 2.24) is 10.3 Å². The molecule has 3 aromatic rings. The van der Waals surface area contributed by atoms with E-state index < -0.39 is 5.82 Å². The maximum absolute atomic E-state index is 13.7. The molecule has 0 saturated heterocycles. The van der Waals surface area contributed by atoms with Crippen LogP contribution in [0.3, 0.4) is 0 Å². The number of nitrogens with one attached hydrogen (secondary N) is 2. The Morgan fingerprint density at radius 2 is 2.04 bits per heavy atom. The predicted octanol–water partition coefficient (Wildman–Crippen LogP) is 4.55. The van der Waals surface area contributed by atoms with Crippen LogP contribution in [0.25, 0.3) is 0 Å². The van der Waals surface area contributed by atoms with Gasteiger partial charge in [-0.05, 0) is 30.7 Å². The number of nitrogens with zero attached hydrogens (tertiary/aromatic N) is 1. The molecule has 0 aliphatic heterocycles. The highest BCUT2D eigenvalue weighted by Gasteiger charge is 2.15. The van der Waals surface area contributed by atoms with Gasteiger partial charge in [-0.2, -0.15) is 4.98 Å². The van der Waals surface area contributed by atoms with Gasteiger partial charge in [0, 0.05) is 22.8 Å². The molecule has 0 bridgehead atoms. The molecule has 5 nitrogen and oxygen atoms in total. The van der Waals surface area contributed by atoms with Gasteiger partial charge in [0.15, 0.2) is 5.13 Å². The fourth-order valence-electron chi connectivity index (χ4n) is 2.44. The fraction of sp³-hybridized carbons (Fsp3) is 0.158. The third-order valence-corrected chi connectivity index (χ3v) is 5.22. The number of aromatic hydroxyl groups is 1. The smallest absolute Gasteiger partial charge is 0.227 e. The first-order valence-electron chi connectivity index (χ1n) is 8.15. The van der Waals surface area contributed by atoms with Crippen LogP contribution in [0.15, 0.2) is 42.5 Å². The number of halogens is 2. The molecule has 0 unspecified atom stereocenters. The average Bonchev–Trinajstić information content (AvgIpc) is 2.95. The van der Waals surface area contributed by atoms with E-state index in [2.05, 4.69) is 15.6 Å². The van der Waals surface area contributed by atoms with Crippen LogP contribution in [-0.2, 0) is 17.8 Å². The van der Waals surface area contributed by atoms with Crippen LogP contribution in [0.1, 0.15) is 16.0 Å². The van der Waals surface area contributed by atoms with Crippen molar-refractivity contribution in [2.24, 2.45) is 0 Å². The summed E-state index contributed by atoms with van der Waals surface area (Å²) in [6, 6.07) is 12.0. The standard InChI is InChI=1S/C19H17ClFN3O2S/c1-11-5-2-3-8-15(11)23-19-24-18(26)16(27-19)9-17(25)22-10-12-13(20)6-4-7-14(12)21/h2-8,26H,9-10H2,1H3,(H,22,25)(H,23,24). The Balaban J connectivity index is 1.63. The maximum Gasteiger partial charge on any atom is 0.227 e. The number of hydrogen-bond donors (Lipinski definition) is 3. The van der Waals surface area contributed by atoms with Gasteiger partial charge in [0.05, 0.1) is 11.3 Å². The van der Waals surface area contributed by atoms with Crippen molar-refractivity contribution in [2.45, 2.75) is 19.9 Å². The second-order valence-electron chi connectivity index (χ2n) is 5.86. The van der Waals surface area contributed by atoms with Crippen molar-refractivity contribution in [3.8, 4) is 5.88 Å². The number of aryl methyl sites for hydroxylation is 1. The molecule has 3 rings (SSSR count). The highest BCUT2D eigenvalue weighted by atomic mass is 35.5. The first-order chi connectivity index (χ1) is 12.9. The summed E-state index contributed by atoms with van der Waals surface area (Å²) in [5.74, 6) is -1.04. The predicted molar refractivity (Wildman–Crippen MR) is 105 cm³/mol. The zero-order chi connectivity index (χ0) is 19.4. The molecule has 0 aliphatic carbocycles. The van der Waals surface area contributed by atoms with Crippen LogP contribution in [0.2, 0.25) is 5.02 Å². The first kappa shape index (κ1) is 19.1. The molecule has 0 atom stereocenters. The molecule has 0 fully saturated rings. The molecule has 0 saturated carbocycles. The van der Waals surface area contributed by atoms with E-state index >= 15 is 0 Å². The van der Waals surface area contributed by atoms with E-state index in [1.807, 2.05) is 31.2 Å². The molecule has 140 valence electrons. The van der Waals surface area contributed by atoms with Crippen LogP contribution in [0.5, 0.6) is 5.88 Å². The molecule has 27 heavy (non-hydrogen) atoms. The summed E-state index contributed by atoms with van der Waals surface area (Å²) in [6.07, 6.45) is -0.0645. The molecule has 1 amide bonds. The van der Waals surface area contributed by atoms with Crippen molar-refractivity contribution in [3.05, 3.63) is 69.3 Å². The van der Waals surface area contributed by atoms with Gasteiger partial charge in [0.2, 0.25) is 11.8 Å². The SMILES string of the molecule is Cc1ccccc1Nc1nc(O)c(CC(=O)NCc2c(F)cccc2Cl)s1. The number of para-hydroxylation sites is 1. The summed E-state index contributed by atoms with van der Waals surface area (Å²) in [5, 5.41) is 16.5. The van der Waals surface area contributed by atoms with Crippen molar-refractivity contribution in [1.29, 1.82) is 0 Å². The van der Waals surface area contributed by atoms with Gasteiger partial charge < -0.3 is 15.7 Å². The van der Waals surface area contributed by atoms with Gasteiger partial charge in [-0.1, -0.05) is 47.2 Å². The minimum Gasteiger partial charge on any atom is -0.492 e. The molecule has 0 spiro atoms. The number of benzene rings is 2. The van der Waals surface area contributed by atoms with E-state index in [0.717, 1.165) is 11.3 Å². The third-order valence-electron chi connectivity index (χ3n) is 3.91. The van der Waals surface area contributed by atoms with Crippen LogP contribution in [0.4, 0.5) is 15.2 Å². The Hall–Kier alpha value is -2.64. The van der Waals surface area contributed by atoms with Gasteiger partial charge in [-0.25, -0.2) is 4.39 Å². The first-order valence-corrected chi connectivity index (χ1v) is 9.34. The molecular weight excluding hydrogens is 389 g/mol. The van der Waals surface area contributed by atoms with Gasteiger partial charge in [0.1, 0.15) is 5.82 Å². The number of anilines is 2. The van der Waals surface area contributed by atoms with Crippen molar-refractivity contribution >= 4 is 39.7 Å². The third kappa shape index (κ3) is 4.75. The lowest BCUT2D eigenvalue weighted by Crippen LogP contribution is -2.24. The molecule has 0 radical (unpaired) electrons. The quantitative estimate of drug-likeness (QED) is 0.562. The van der Waals surface area contributed by atoms with Crippen molar-refractivity contribution in [2.75, 3.05) is 5.32 Å². The summed E-state index contributed by atoms with van der Waals surface area (Å²) >= 11 is 7.13. The fourth-order valence-corrected chi connectivity index (χ4v) is 3.53. The molecular formula is C19H17ClFN3O2S. The topological polar surface area (TPSA) is 74.2 Å². The summed E-state index contributed by atoms with van der Waals surface area (Å²) in [7, 11) is 0. The molecule has 0 aliphatic rings. The zero-order valence-electron chi connectivity index (χ0n) is 14.4. The highest BCUT2D eigenvalue weighted by Crippen LogP contribution is 2.31. The minimum absolute atomic E-state index is 0.0295. The number of carbonyl (C=O) groups excluding carboxylic acids is 1. The Labute approximate surface area is 164 Å². The number of amides is 1. The number of thiazole rings is 1. The van der Waals surface area contributed by atoms with Crippen LogP contribution < -0.4 is 10.6 Å². The number of rotatable bonds is 6. The number of hydrogen-bond acceptors (Lipinski definition) is 5. The summed E-state index contributed by atoms with van der Waals surface area (Å²) in [5.41, 5.74) is 2.13. The summed E-state index contributed by atoms with van der Waals surface area (Å²) in [4.78, 5) is 16.6. The number of aromatic nitrogens is 1. The Morgan fingerprint density at radius 3 is 2.78 bits per heavy atom. The van der Waals surface area contributed by atoms with E-state index in [1.54, 1.807) is 6.07 Å². The molecule has 1 heterocycles. The lowest BCUT2D eigenvalue weighted by Gasteiger charge is -2.07. The second-order valence-corrected chi connectivity index (χ2v) is 7.35. The Morgan fingerprint density at radius 1 is 1.26 bits per heavy atom. The lowest BCUT2D eigenvalue weighted by atomic mass is 10.2. The largest absolute Gasteiger partial charge is 0.492 e. The lowest BCUT2D eigenvalue weighted by molar-refractivity contribution is -0.120. The van der Waals surface area contributed by atoms with E-state index in [0.29, 0.717) is 10.0 Å². The van der Waals surface area contributed by atoms with Gasteiger partial charge >= 0.3 is 0 Å². The van der Waals surface area contributed by atoms with E-state index in [1.165, 1.54) is 23.5 Å². The average molecular weight is 406 g/mol. The molecule has 1 aromatic heterocycles. The van der Waals surface area contributed by atoms with E-state index in [-0.39, 0.29) is 35.3 Å². The molecule has 2 aromatic carbocycles. The summed E-state index contributed by atoms with van der Waals surface area (Å²) in [6.45, 7) is 1.93. The normalized spacial score (nSPS) is 10.6. The highest BCUT2D eigenvalue weighted by molar-refractivity contribution is 7.16. The maximum atomic E-state index is 13.7. The second kappa shape index (κ2) is 8.37. The van der Waals surface area contributed by atoms with E-state index in [9.17, 15) is 14.3 Å². The van der Waals surface area contributed by atoms with Crippen molar-refractivity contribution < 1.29 is 14.3 Å². The molecule has 8 heteroatoms. The Kier molecular flexibility index (Phi) is 5.93. The van der Waals surface area contributed by atoms with Gasteiger partial charge in [-0.15, -0.1) is 0 Å². The van der Waals surface area contributed by atoms with Crippen LogP contribution in [-0.4, -0.2) is 16.0 Å². The summed E-state index contributed by atoms with van der Waals surface area (Å²) < 4.78 is 13.7. The van der Waals surface area contributed by atoms with Crippen LogP contribution >= 0.6 is 22.9 Å². The van der Waals surface area contributed by atoms with Crippen LogP contribution in [0, 0.1) is 12.7 Å². The monoisotopic (exact) mass is 405 g/mol. The zero-order valence-corrected chi connectivity index (χ0v) is 16.0. The minimum atomic E-state index is -0.479. The van der Waals surface area contributed by atoms with Gasteiger partial charge in [-0.3, -0.25) is 4.79 Å². The van der Waals surface area contributed by atoms with E-state index in [4.69, 9.17) is 11.6 Å². The molecule has 3 N–H and O–H groups in total. The van der Waals surface area contributed by atoms with Gasteiger partial charge in [0.25, 0.3) is 0 Å².